The van der Waals surface area contributed by atoms with Crippen LogP contribution in [-0.2, 0) is 29.7 Å². The Bertz CT molecular complexity index is 922. The zero-order valence-electron chi connectivity index (χ0n) is 12.7. The number of rotatable bonds is 8. The molecule has 0 amide bonds. The first-order valence-electron chi connectivity index (χ1n) is 6.64. The highest BCUT2D eigenvalue weighted by Crippen LogP contribution is 2.35. The van der Waals surface area contributed by atoms with E-state index in [0.29, 0.717) is 0 Å². The highest BCUT2D eigenvalue weighted by Gasteiger charge is 2.35. The van der Waals surface area contributed by atoms with E-state index in [9.17, 15) is 26.6 Å². The minimum absolute atomic E-state index is 0.0652. The van der Waals surface area contributed by atoms with E-state index in [2.05, 4.69) is 25.7 Å². The molecule has 26 heavy (non-hydrogen) atoms. The minimum Gasteiger partial charge on any atom is -0.370 e. The summed E-state index contributed by atoms with van der Waals surface area (Å²) in [6.07, 6.45) is -1.23. The molecule has 0 radical (unpaired) electrons. The van der Waals surface area contributed by atoms with Gasteiger partial charge in [-0.25, -0.2) is 22.0 Å². The van der Waals surface area contributed by atoms with Gasteiger partial charge in [-0.15, -0.1) is 9.81 Å². The van der Waals surface area contributed by atoms with Gasteiger partial charge in [-0.05, 0) is 12.1 Å². The van der Waals surface area contributed by atoms with Gasteiger partial charge in [0.15, 0.2) is 23.4 Å². The number of benzene rings is 1. The van der Waals surface area contributed by atoms with Gasteiger partial charge < -0.3 is 15.0 Å². The normalized spacial score (nSPS) is 17.5. The molecule has 13 nitrogen and oxygen atoms in total. The lowest BCUT2D eigenvalue weighted by Crippen LogP contribution is -2.45. The summed E-state index contributed by atoms with van der Waals surface area (Å²) >= 11 is 5.83. The highest BCUT2D eigenvalue weighted by atomic mass is 35.5. The first kappa shape index (κ1) is 20.2. The maximum Gasteiger partial charge on any atom is 0.246 e. The fourth-order valence-corrected chi connectivity index (χ4v) is 4.91. The van der Waals surface area contributed by atoms with Gasteiger partial charge in [0.05, 0.1) is 23.9 Å². The summed E-state index contributed by atoms with van der Waals surface area (Å²) in [6.45, 7) is -1.23. The number of hydrogen-bond donors (Lipinski definition) is 2. The molecule has 1 aromatic carbocycles. The van der Waals surface area contributed by atoms with Crippen LogP contribution < -0.4 is 10.5 Å². The SMILES string of the molecule is NS(=O)(=O)c1cc2c(cc1Cl)NCN(CC(CON=O)ON=O)S2(=O)=O. The topological polar surface area (TPSA) is 187 Å². The van der Waals surface area contributed by atoms with Crippen LogP contribution in [0, 0.1) is 9.81 Å². The van der Waals surface area contributed by atoms with Gasteiger partial charge in [0.2, 0.25) is 20.0 Å². The lowest BCUT2D eigenvalue weighted by molar-refractivity contribution is -0.0234. The van der Waals surface area contributed by atoms with E-state index in [0.717, 1.165) is 16.4 Å². The monoisotopic (exact) mass is 429 g/mol. The van der Waals surface area contributed by atoms with Gasteiger partial charge in [0.1, 0.15) is 9.79 Å². The van der Waals surface area contributed by atoms with Crippen molar-refractivity contribution < 1.29 is 26.5 Å². The third-order valence-corrected chi connectivity index (χ3v) is 6.54. The molecule has 0 aromatic heterocycles. The highest BCUT2D eigenvalue weighted by molar-refractivity contribution is 7.90. The van der Waals surface area contributed by atoms with Crippen LogP contribution in [0.4, 0.5) is 5.69 Å². The number of hydrogen-bond acceptors (Lipinski definition) is 11. The first-order valence-corrected chi connectivity index (χ1v) is 10.0. The summed E-state index contributed by atoms with van der Waals surface area (Å²) in [6, 6.07) is 1.94. The van der Waals surface area contributed by atoms with Crippen LogP contribution in [0.5, 0.6) is 0 Å². The first-order chi connectivity index (χ1) is 12.1. The van der Waals surface area contributed by atoms with Crippen LogP contribution in [0.3, 0.4) is 0 Å². The van der Waals surface area contributed by atoms with Crippen molar-refractivity contribution in [3.63, 3.8) is 0 Å². The average Bonchev–Trinajstić information content (AvgIpc) is 2.53. The van der Waals surface area contributed by atoms with E-state index in [1.165, 1.54) is 0 Å². The van der Waals surface area contributed by atoms with E-state index in [1.54, 1.807) is 0 Å². The molecule has 16 heteroatoms. The number of nitrogens with two attached hydrogens (primary N) is 1. The molecule has 0 fully saturated rings. The summed E-state index contributed by atoms with van der Waals surface area (Å²) in [5.41, 5.74) is 0.0652. The molecule has 1 aliphatic heterocycles. The van der Waals surface area contributed by atoms with E-state index in [-0.39, 0.29) is 17.4 Å². The number of primary sulfonamides is 1. The van der Waals surface area contributed by atoms with Crippen molar-refractivity contribution in [1.29, 1.82) is 0 Å². The Morgan fingerprint density at radius 3 is 2.62 bits per heavy atom. The van der Waals surface area contributed by atoms with Crippen molar-refractivity contribution in [3.8, 4) is 0 Å². The van der Waals surface area contributed by atoms with Crippen molar-refractivity contribution in [2.75, 3.05) is 25.1 Å². The number of fused-ring (bicyclic) bond motifs is 1. The van der Waals surface area contributed by atoms with Crippen LogP contribution >= 0.6 is 11.6 Å². The van der Waals surface area contributed by atoms with Crippen molar-refractivity contribution in [1.82, 2.24) is 4.31 Å². The smallest absolute Gasteiger partial charge is 0.246 e. The van der Waals surface area contributed by atoms with Crippen molar-refractivity contribution >= 4 is 37.3 Å². The number of sulfonamides is 2. The Morgan fingerprint density at radius 2 is 2.04 bits per heavy atom. The molecule has 1 aromatic rings. The van der Waals surface area contributed by atoms with E-state index in [1.807, 2.05) is 0 Å². The zero-order chi connectivity index (χ0) is 19.5. The van der Waals surface area contributed by atoms with Gasteiger partial charge >= 0.3 is 0 Å². The Hall–Kier alpha value is -2.07. The second kappa shape index (κ2) is 7.67. The third kappa shape index (κ3) is 4.18. The molecule has 1 aliphatic rings. The molecular weight excluding hydrogens is 418 g/mol. The third-order valence-electron chi connectivity index (χ3n) is 3.32. The molecule has 0 aliphatic carbocycles. The van der Waals surface area contributed by atoms with Crippen molar-refractivity contribution in [3.05, 3.63) is 27.0 Å². The largest absolute Gasteiger partial charge is 0.370 e. The van der Waals surface area contributed by atoms with Gasteiger partial charge in [0.25, 0.3) is 0 Å². The molecule has 144 valence electrons. The lowest BCUT2D eigenvalue weighted by atomic mass is 10.3. The molecule has 0 saturated heterocycles. The second-order valence-electron chi connectivity index (χ2n) is 4.97. The van der Waals surface area contributed by atoms with Crippen LogP contribution in [0.25, 0.3) is 0 Å². The van der Waals surface area contributed by atoms with Gasteiger partial charge in [-0.3, -0.25) is 0 Å². The maximum atomic E-state index is 12.7. The molecule has 2 rings (SSSR count). The molecular formula is C10H12ClN5O8S2. The Labute approximate surface area is 152 Å². The van der Waals surface area contributed by atoms with E-state index < -0.39 is 49.1 Å². The fourth-order valence-electron chi connectivity index (χ4n) is 2.18. The standard InChI is InChI=1S/C10H12ClN5O8S2/c11-7-1-8-10(2-9(7)25(12,19)20)26(21,22)16(5-13-8)3-6(24-15-18)4-23-14-17/h1-2,6,13H,3-5H2,(H2,12,19,20). The quantitative estimate of drug-likeness (QED) is 0.427. The lowest BCUT2D eigenvalue weighted by Gasteiger charge is -2.31. The maximum absolute atomic E-state index is 12.7. The van der Waals surface area contributed by atoms with Crippen LogP contribution in [-0.4, -0.2) is 47.1 Å². The number of nitrogens with one attached hydrogen (secondary N) is 1. The van der Waals surface area contributed by atoms with E-state index >= 15 is 0 Å². The summed E-state index contributed by atoms with van der Waals surface area (Å²) in [5.74, 6) is 0. The Kier molecular flexibility index (Phi) is 5.97. The molecule has 3 N–H and O–H groups in total. The van der Waals surface area contributed by atoms with Gasteiger partial charge in [-0.2, -0.15) is 4.31 Å². The van der Waals surface area contributed by atoms with Crippen molar-refractivity contribution in [2.24, 2.45) is 15.8 Å². The zero-order valence-corrected chi connectivity index (χ0v) is 15.1. The van der Waals surface area contributed by atoms with E-state index in [4.69, 9.17) is 16.7 Å². The molecule has 0 saturated carbocycles. The van der Waals surface area contributed by atoms with Crippen LogP contribution in [0.15, 0.2) is 32.6 Å². The summed E-state index contributed by atoms with van der Waals surface area (Å²) in [7, 11) is -8.49. The molecule has 1 unspecified atom stereocenters. The molecule has 1 atom stereocenters. The van der Waals surface area contributed by atoms with Crippen LogP contribution in [0.1, 0.15) is 0 Å². The van der Waals surface area contributed by atoms with Crippen molar-refractivity contribution in [2.45, 2.75) is 15.9 Å². The summed E-state index contributed by atoms with van der Waals surface area (Å²) in [4.78, 5) is 27.9. The predicted molar refractivity (Wildman–Crippen MR) is 87.6 cm³/mol. The van der Waals surface area contributed by atoms with Crippen LogP contribution in [0.2, 0.25) is 5.02 Å². The Morgan fingerprint density at radius 1 is 1.35 bits per heavy atom. The number of nitrogens with zero attached hydrogens (tertiary/aromatic N) is 3. The molecule has 0 bridgehead atoms. The van der Waals surface area contributed by atoms with Gasteiger partial charge in [-0.1, -0.05) is 11.6 Å². The predicted octanol–water partition coefficient (Wildman–Crippen LogP) is 0.126. The second-order valence-corrected chi connectivity index (χ2v) is 8.81. The van der Waals surface area contributed by atoms with Gasteiger partial charge in [0, 0.05) is 0 Å². The molecule has 0 spiro atoms. The average molecular weight is 430 g/mol. The number of anilines is 1. The molecule has 1 heterocycles. The Balaban J connectivity index is 2.40. The fraction of sp³-hybridized carbons (Fsp3) is 0.400. The summed E-state index contributed by atoms with van der Waals surface area (Å²) in [5, 5.41) is 11.8. The summed E-state index contributed by atoms with van der Waals surface area (Å²) < 4.78 is 49.4. The number of halogens is 1. The minimum atomic E-state index is -4.27.